The highest BCUT2D eigenvalue weighted by Crippen LogP contribution is 2.29. The summed E-state index contributed by atoms with van der Waals surface area (Å²) < 4.78 is 0. The molecule has 4 amide bonds. The average Bonchev–Trinajstić information content (AvgIpc) is 3.85. The predicted molar refractivity (Wildman–Crippen MR) is 204 cm³/mol. The molecular formula is C40H57N7O4. The number of carbonyl (C=O) groups is 4. The van der Waals surface area contributed by atoms with Crippen molar-refractivity contribution in [1.29, 1.82) is 0 Å². The van der Waals surface area contributed by atoms with Crippen LogP contribution in [0.4, 0.5) is 11.4 Å². The van der Waals surface area contributed by atoms with Gasteiger partial charge in [0.15, 0.2) is 0 Å². The third kappa shape index (κ3) is 8.99. The van der Waals surface area contributed by atoms with E-state index in [0.717, 1.165) is 47.8 Å². The molecule has 5 rings (SSSR count). The molecule has 11 heteroatoms. The van der Waals surface area contributed by atoms with Gasteiger partial charge >= 0.3 is 0 Å². The van der Waals surface area contributed by atoms with Gasteiger partial charge in [0, 0.05) is 41.1 Å². The van der Waals surface area contributed by atoms with E-state index < -0.39 is 12.1 Å². The first-order chi connectivity index (χ1) is 24.2. The molecule has 276 valence electrons. The van der Waals surface area contributed by atoms with Gasteiger partial charge in [-0.15, -0.1) is 0 Å². The van der Waals surface area contributed by atoms with Gasteiger partial charge in [0.2, 0.25) is 23.6 Å². The summed E-state index contributed by atoms with van der Waals surface area (Å²) >= 11 is 0. The largest absolute Gasteiger partial charge is 0.355 e. The Morgan fingerprint density at radius 2 is 1.18 bits per heavy atom. The van der Waals surface area contributed by atoms with Crippen LogP contribution < -0.4 is 10.6 Å². The summed E-state index contributed by atoms with van der Waals surface area (Å²) in [7, 11) is 7.69. The number of nitrogens with one attached hydrogen (secondary N) is 3. The standard InChI is InChI=1S/C40H57N7O4/c1-25(2)21-35(44(5)6)39(50)46-19-9-11-33(46)37(48)41-29-15-13-27(14-16-29)32-24-28-23-30(17-18-31(28)43-32)42-38(49)34-12-10-20-47(34)40(51)36(45(7)8)22-26(3)4/h13-18,23-26,33-36,43H,9-12,19-22H2,1-8H3,(H,41,48)(H,42,49)/t33-,34?,35+,36-/m0/s1. The van der Waals surface area contributed by atoms with Crippen LogP contribution in [0.2, 0.25) is 0 Å². The third-order valence-electron chi connectivity index (χ3n) is 10.2. The van der Waals surface area contributed by atoms with Gasteiger partial charge in [-0.2, -0.15) is 0 Å². The first-order valence-corrected chi connectivity index (χ1v) is 18.5. The Bertz CT molecular complexity index is 1700. The van der Waals surface area contributed by atoms with Crippen LogP contribution in [0, 0.1) is 11.8 Å². The number of likely N-dealkylation sites (N-methyl/N-ethyl adjacent to an activating group) is 2. The maximum atomic E-state index is 13.5. The van der Waals surface area contributed by atoms with Crippen molar-refractivity contribution in [2.45, 2.75) is 90.4 Å². The second-order valence-electron chi connectivity index (χ2n) is 15.6. The Labute approximate surface area is 303 Å². The second-order valence-corrected chi connectivity index (χ2v) is 15.6. The number of carbonyl (C=O) groups excluding carboxylic acids is 4. The zero-order valence-electron chi connectivity index (χ0n) is 31.7. The van der Waals surface area contributed by atoms with E-state index in [1.54, 1.807) is 9.80 Å². The molecule has 2 aromatic carbocycles. The van der Waals surface area contributed by atoms with E-state index in [1.807, 2.05) is 86.5 Å². The van der Waals surface area contributed by atoms with E-state index in [4.69, 9.17) is 0 Å². The molecule has 0 saturated carbocycles. The summed E-state index contributed by atoms with van der Waals surface area (Å²) in [6, 6.07) is 14.0. The molecule has 2 saturated heterocycles. The average molecular weight is 700 g/mol. The Hall–Kier alpha value is -4.22. The lowest BCUT2D eigenvalue weighted by molar-refractivity contribution is -0.141. The van der Waals surface area contributed by atoms with E-state index in [0.29, 0.717) is 49.1 Å². The molecule has 2 aliphatic heterocycles. The molecule has 0 radical (unpaired) electrons. The monoisotopic (exact) mass is 699 g/mol. The number of rotatable bonds is 13. The Morgan fingerprint density at radius 1 is 0.706 bits per heavy atom. The fourth-order valence-corrected chi connectivity index (χ4v) is 7.50. The quantitative estimate of drug-likeness (QED) is 0.212. The van der Waals surface area contributed by atoms with Gasteiger partial charge in [-0.3, -0.25) is 29.0 Å². The first kappa shape index (κ1) is 38.0. The molecule has 0 aliphatic carbocycles. The minimum Gasteiger partial charge on any atom is -0.355 e. The molecule has 1 aromatic heterocycles. The van der Waals surface area contributed by atoms with Gasteiger partial charge in [0.1, 0.15) is 12.1 Å². The number of aromatic amines is 1. The number of aromatic nitrogens is 1. The van der Waals surface area contributed by atoms with E-state index in [1.165, 1.54) is 0 Å². The van der Waals surface area contributed by atoms with Crippen molar-refractivity contribution in [2.24, 2.45) is 11.8 Å². The van der Waals surface area contributed by atoms with Crippen molar-refractivity contribution in [3.8, 4) is 11.3 Å². The highest BCUT2D eigenvalue weighted by Gasteiger charge is 2.39. The van der Waals surface area contributed by atoms with E-state index in [-0.39, 0.29) is 35.7 Å². The predicted octanol–water partition coefficient (Wildman–Crippen LogP) is 5.65. The molecule has 3 N–H and O–H groups in total. The molecule has 11 nitrogen and oxygen atoms in total. The molecule has 3 heterocycles. The number of hydrogen-bond donors (Lipinski definition) is 3. The maximum absolute atomic E-state index is 13.5. The van der Waals surface area contributed by atoms with Gasteiger partial charge in [-0.05, 0) is 121 Å². The summed E-state index contributed by atoms with van der Waals surface area (Å²) in [5.41, 5.74) is 4.15. The topological polar surface area (TPSA) is 121 Å². The molecule has 1 unspecified atom stereocenters. The number of fused-ring (bicyclic) bond motifs is 1. The molecule has 0 bridgehead atoms. The van der Waals surface area contributed by atoms with E-state index in [9.17, 15) is 19.2 Å². The van der Waals surface area contributed by atoms with Crippen molar-refractivity contribution in [3.63, 3.8) is 0 Å². The number of anilines is 2. The maximum Gasteiger partial charge on any atom is 0.247 e. The van der Waals surface area contributed by atoms with Crippen LogP contribution in [0.5, 0.6) is 0 Å². The highest BCUT2D eigenvalue weighted by atomic mass is 16.2. The molecule has 0 spiro atoms. The SMILES string of the molecule is CC(C)C[C@H](C(=O)N1CCC[C@H]1C(=O)Nc1ccc(-c2cc3cc(NC(=O)C4CCCN4C(=O)[C@H](CC(C)C)N(C)C)ccc3[nH]2)cc1)N(C)C. The van der Waals surface area contributed by atoms with Gasteiger partial charge in [-0.25, -0.2) is 0 Å². The smallest absolute Gasteiger partial charge is 0.247 e. The van der Waals surface area contributed by atoms with Crippen molar-refractivity contribution in [2.75, 3.05) is 51.9 Å². The number of amides is 4. The number of hydrogen-bond acceptors (Lipinski definition) is 6. The number of benzene rings is 2. The molecule has 51 heavy (non-hydrogen) atoms. The van der Waals surface area contributed by atoms with E-state index >= 15 is 0 Å². The summed E-state index contributed by atoms with van der Waals surface area (Å²) in [5.74, 6) is 0.470. The Kier molecular flexibility index (Phi) is 12.2. The van der Waals surface area contributed by atoms with Crippen molar-refractivity contribution < 1.29 is 19.2 Å². The van der Waals surface area contributed by atoms with Crippen LogP contribution in [-0.2, 0) is 19.2 Å². The number of likely N-dealkylation sites (tertiary alicyclic amines) is 2. The van der Waals surface area contributed by atoms with Crippen LogP contribution in [0.1, 0.15) is 66.2 Å². The molecule has 2 fully saturated rings. The van der Waals surface area contributed by atoms with Gasteiger partial charge < -0.3 is 25.4 Å². The fourth-order valence-electron chi connectivity index (χ4n) is 7.50. The van der Waals surface area contributed by atoms with Gasteiger partial charge in [0.25, 0.3) is 0 Å². The summed E-state index contributed by atoms with van der Waals surface area (Å²) in [6.45, 7) is 9.63. The zero-order chi connectivity index (χ0) is 37.0. The van der Waals surface area contributed by atoms with Crippen molar-refractivity contribution in [1.82, 2.24) is 24.6 Å². The van der Waals surface area contributed by atoms with Crippen LogP contribution in [0.25, 0.3) is 22.2 Å². The Balaban J connectivity index is 1.22. The molecule has 2 aliphatic rings. The van der Waals surface area contributed by atoms with Crippen LogP contribution in [0.15, 0.2) is 48.5 Å². The molecule has 4 atom stereocenters. The third-order valence-corrected chi connectivity index (χ3v) is 10.2. The van der Waals surface area contributed by atoms with Crippen LogP contribution in [0.3, 0.4) is 0 Å². The molecular weight excluding hydrogens is 642 g/mol. The van der Waals surface area contributed by atoms with Gasteiger partial charge in [0.05, 0.1) is 12.1 Å². The summed E-state index contributed by atoms with van der Waals surface area (Å²) in [6.07, 6.45) is 4.42. The molecule has 3 aromatic rings. The number of H-pyrrole nitrogens is 1. The zero-order valence-corrected chi connectivity index (χ0v) is 31.7. The van der Waals surface area contributed by atoms with Crippen molar-refractivity contribution >= 4 is 45.9 Å². The lowest BCUT2D eigenvalue weighted by Gasteiger charge is -2.32. The van der Waals surface area contributed by atoms with Crippen LogP contribution in [-0.4, -0.2) is 114 Å². The number of nitrogens with zero attached hydrogens (tertiary/aromatic N) is 4. The van der Waals surface area contributed by atoms with Gasteiger partial charge in [-0.1, -0.05) is 39.8 Å². The van der Waals surface area contributed by atoms with Crippen molar-refractivity contribution in [3.05, 3.63) is 48.5 Å². The lowest BCUT2D eigenvalue weighted by Crippen LogP contribution is -2.51. The lowest BCUT2D eigenvalue weighted by atomic mass is 10.0. The first-order valence-electron chi connectivity index (χ1n) is 18.5. The minimum atomic E-state index is -0.485. The highest BCUT2D eigenvalue weighted by molar-refractivity contribution is 6.00. The summed E-state index contributed by atoms with van der Waals surface area (Å²) in [5, 5.41) is 7.06. The van der Waals surface area contributed by atoms with E-state index in [2.05, 4.69) is 43.3 Å². The minimum absolute atomic E-state index is 0.0218. The Morgan fingerprint density at radius 3 is 1.65 bits per heavy atom. The normalized spacial score (nSPS) is 19.1. The second kappa shape index (κ2) is 16.4. The fraction of sp³-hybridized carbons (Fsp3) is 0.550. The summed E-state index contributed by atoms with van der Waals surface area (Å²) in [4.78, 5) is 64.7. The van der Waals surface area contributed by atoms with Crippen LogP contribution >= 0.6 is 0 Å².